The van der Waals surface area contributed by atoms with Crippen molar-refractivity contribution < 1.29 is 4.74 Å². The predicted molar refractivity (Wildman–Crippen MR) is 98.5 cm³/mol. The fourth-order valence-electron chi connectivity index (χ4n) is 2.91. The molecule has 1 saturated heterocycles. The van der Waals surface area contributed by atoms with E-state index in [1.165, 1.54) is 6.20 Å². The molecular weight excluding hydrogens is 347 g/mol. The van der Waals surface area contributed by atoms with Crippen molar-refractivity contribution in [1.82, 2.24) is 9.97 Å². The molecule has 3 heterocycles. The third kappa shape index (κ3) is 3.91. The van der Waals surface area contributed by atoms with E-state index >= 15 is 0 Å². The molecule has 0 saturated carbocycles. The van der Waals surface area contributed by atoms with Crippen molar-refractivity contribution in [3.8, 4) is 11.3 Å². The van der Waals surface area contributed by atoms with Crippen LogP contribution in [0.2, 0.25) is 10.0 Å². The smallest absolute Gasteiger partial charge is 0.126 e. The Morgan fingerprint density at radius 1 is 1.25 bits per heavy atom. The number of nitrogens with one attached hydrogen (secondary N) is 1. The molecule has 3 rings (SSSR count). The Morgan fingerprint density at radius 3 is 2.75 bits per heavy atom. The second kappa shape index (κ2) is 7.55. The monoisotopic (exact) mass is 366 g/mol. The molecule has 0 aliphatic carbocycles. The minimum Gasteiger partial charge on any atom is -0.384 e. The van der Waals surface area contributed by atoms with E-state index in [1.807, 2.05) is 12.1 Å². The molecule has 24 heavy (non-hydrogen) atoms. The minimum atomic E-state index is 0.299. The Morgan fingerprint density at radius 2 is 2.00 bits per heavy atom. The van der Waals surface area contributed by atoms with Gasteiger partial charge in [0.25, 0.3) is 0 Å². The Bertz CT molecular complexity index is 720. The summed E-state index contributed by atoms with van der Waals surface area (Å²) in [6, 6.07) is 5.67. The molecule has 1 aliphatic rings. The molecule has 3 N–H and O–H groups in total. The van der Waals surface area contributed by atoms with Crippen LogP contribution in [0.5, 0.6) is 0 Å². The Hall–Kier alpha value is -1.56. The van der Waals surface area contributed by atoms with Gasteiger partial charge in [-0.1, -0.05) is 23.2 Å². The SMILES string of the molecule is C[C@@H](Nc1ccc(Cl)c(-c2cc(N)ncc2Cl)n1)C1CCOCC1. The van der Waals surface area contributed by atoms with Crippen LogP contribution in [-0.2, 0) is 4.74 Å². The first-order valence-corrected chi connectivity index (χ1v) is 8.72. The van der Waals surface area contributed by atoms with Crippen LogP contribution in [0, 0.1) is 5.92 Å². The molecule has 128 valence electrons. The van der Waals surface area contributed by atoms with Crippen molar-refractivity contribution in [2.45, 2.75) is 25.8 Å². The molecule has 0 radical (unpaired) electrons. The van der Waals surface area contributed by atoms with Gasteiger partial charge in [0.2, 0.25) is 0 Å². The topological polar surface area (TPSA) is 73.1 Å². The lowest BCUT2D eigenvalue weighted by atomic mass is 9.93. The van der Waals surface area contributed by atoms with Gasteiger partial charge in [0.15, 0.2) is 0 Å². The van der Waals surface area contributed by atoms with Gasteiger partial charge >= 0.3 is 0 Å². The molecule has 0 amide bonds. The van der Waals surface area contributed by atoms with Gasteiger partial charge in [0.05, 0.1) is 15.7 Å². The quantitative estimate of drug-likeness (QED) is 0.845. The highest BCUT2D eigenvalue weighted by atomic mass is 35.5. The first-order chi connectivity index (χ1) is 11.5. The van der Waals surface area contributed by atoms with Crippen molar-refractivity contribution in [3.05, 3.63) is 34.4 Å². The molecule has 1 aliphatic heterocycles. The van der Waals surface area contributed by atoms with Crippen LogP contribution in [0.25, 0.3) is 11.3 Å². The van der Waals surface area contributed by atoms with Crippen molar-refractivity contribution in [3.63, 3.8) is 0 Å². The molecule has 2 aromatic rings. The lowest BCUT2D eigenvalue weighted by molar-refractivity contribution is 0.0622. The summed E-state index contributed by atoms with van der Waals surface area (Å²) in [4.78, 5) is 8.61. The molecule has 0 bridgehead atoms. The first-order valence-electron chi connectivity index (χ1n) is 7.97. The fraction of sp³-hybridized carbons (Fsp3) is 0.412. The van der Waals surface area contributed by atoms with Gasteiger partial charge in [-0.25, -0.2) is 9.97 Å². The van der Waals surface area contributed by atoms with Gasteiger partial charge in [0.1, 0.15) is 11.6 Å². The van der Waals surface area contributed by atoms with Crippen LogP contribution >= 0.6 is 23.2 Å². The maximum Gasteiger partial charge on any atom is 0.126 e. The number of halogens is 2. The van der Waals surface area contributed by atoms with Crippen LogP contribution in [0.1, 0.15) is 19.8 Å². The second-order valence-electron chi connectivity index (χ2n) is 6.00. The number of ether oxygens (including phenoxy) is 1. The van der Waals surface area contributed by atoms with Gasteiger partial charge in [-0.05, 0) is 43.9 Å². The lowest BCUT2D eigenvalue weighted by Gasteiger charge is -2.28. The zero-order valence-corrected chi connectivity index (χ0v) is 14.9. The van der Waals surface area contributed by atoms with E-state index in [2.05, 4.69) is 22.2 Å². The summed E-state index contributed by atoms with van der Waals surface area (Å²) in [6.45, 7) is 3.81. The first kappa shape index (κ1) is 17.3. The van der Waals surface area contributed by atoms with Crippen LogP contribution in [0.4, 0.5) is 11.6 Å². The number of anilines is 2. The van der Waals surface area contributed by atoms with E-state index in [0.717, 1.165) is 31.9 Å². The summed E-state index contributed by atoms with van der Waals surface area (Å²) in [7, 11) is 0. The molecule has 2 aromatic heterocycles. The highest BCUT2D eigenvalue weighted by Crippen LogP contribution is 2.33. The zero-order valence-electron chi connectivity index (χ0n) is 13.4. The van der Waals surface area contributed by atoms with Crippen molar-refractivity contribution in [2.24, 2.45) is 5.92 Å². The summed E-state index contributed by atoms with van der Waals surface area (Å²) in [5.74, 6) is 1.71. The lowest BCUT2D eigenvalue weighted by Crippen LogP contribution is -2.31. The number of rotatable bonds is 4. The molecule has 5 nitrogen and oxygen atoms in total. The summed E-state index contributed by atoms with van der Waals surface area (Å²) in [5, 5.41) is 4.45. The summed E-state index contributed by atoms with van der Waals surface area (Å²) in [5.41, 5.74) is 7.04. The molecule has 0 unspecified atom stereocenters. The third-order valence-electron chi connectivity index (χ3n) is 4.33. The van der Waals surface area contributed by atoms with Gasteiger partial charge < -0.3 is 15.8 Å². The molecule has 0 aromatic carbocycles. The van der Waals surface area contributed by atoms with Crippen LogP contribution in [-0.4, -0.2) is 29.2 Å². The summed E-state index contributed by atoms with van der Waals surface area (Å²) < 4.78 is 5.42. The van der Waals surface area contributed by atoms with E-state index in [0.29, 0.717) is 39.1 Å². The highest BCUT2D eigenvalue weighted by molar-refractivity contribution is 6.36. The van der Waals surface area contributed by atoms with E-state index in [4.69, 9.17) is 33.7 Å². The average molecular weight is 367 g/mol. The van der Waals surface area contributed by atoms with Gasteiger partial charge in [-0.2, -0.15) is 0 Å². The third-order valence-corrected chi connectivity index (χ3v) is 4.93. The molecule has 7 heteroatoms. The second-order valence-corrected chi connectivity index (χ2v) is 6.81. The minimum absolute atomic E-state index is 0.299. The van der Waals surface area contributed by atoms with Crippen molar-refractivity contribution in [1.29, 1.82) is 0 Å². The number of nitrogens with zero attached hydrogens (tertiary/aromatic N) is 2. The number of nitrogens with two attached hydrogens (primary N) is 1. The van der Waals surface area contributed by atoms with E-state index in [9.17, 15) is 0 Å². The molecular formula is C17H20Cl2N4O. The largest absolute Gasteiger partial charge is 0.384 e. The average Bonchev–Trinajstić information content (AvgIpc) is 2.59. The van der Waals surface area contributed by atoms with E-state index in [1.54, 1.807) is 6.07 Å². The maximum absolute atomic E-state index is 6.31. The van der Waals surface area contributed by atoms with Gasteiger partial charge in [0, 0.05) is 31.0 Å². The van der Waals surface area contributed by atoms with Crippen LogP contribution < -0.4 is 11.1 Å². The Balaban J connectivity index is 1.84. The van der Waals surface area contributed by atoms with Gasteiger partial charge in [-0.15, -0.1) is 0 Å². The van der Waals surface area contributed by atoms with E-state index < -0.39 is 0 Å². The van der Waals surface area contributed by atoms with Crippen molar-refractivity contribution in [2.75, 3.05) is 24.3 Å². The number of hydrogen-bond donors (Lipinski definition) is 2. The van der Waals surface area contributed by atoms with Gasteiger partial charge in [-0.3, -0.25) is 0 Å². The maximum atomic E-state index is 6.31. The number of nitrogen functional groups attached to an aromatic ring is 1. The fourth-order valence-corrected chi connectivity index (χ4v) is 3.31. The standard InChI is InChI=1S/C17H20Cl2N4O/c1-10(11-4-6-24-7-5-11)22-16-3-2-13(18)17(23-16)12-8-15(20)21-9-14(12)19/h2-3,8-11H,4-7H2,1H3,(H2,20,21)(H,22,23)/t10-/m1/s1. The van der Waals surface area contributed by atoms with Crippen LogP contribution in [0.3, 0.4) is 0 Å². The summed E-state index contributed by atoms with van der Waals surface area (Å²) >= 11 is 12.5. The Labute approximate surface area is 151 Å². The number of hydrogen-bond acceptors (Lipinski definition) is 5. The van der Waals surface area contributed by atoms with Crippen molar-refractivity contribution >= 4 is 34.8 Å². The number of pyridine rings is 2. The zero-order chi connectivity index (χ0) is 17.1. The molecule has 1 atom stereocenters. The molecule has 1 fully saturated rings. The Kier molecular flexibility index (Phi) is 5.43. The van der Waals surface area contributed by atoms with E-state index in [-0.39, 0.29) is 0 Å². The summed E-state index contributed by atoms with van der Waals surface area (Å²) in [6.07, 6.45) is 3.62. The normalized spacial score (nSPS) is 16.8. The van der Waals surface area contributed by atoms with Crippen LogP contribution in [0.15, 0.2) is 24.4 Å². The molecule has 0 spiro atoms. The number of aromatic nitrogens is 2. The highest BCUT2D eigenvalue weighted by Gasteiger charge is 2.21. The predicted octanol–water partition coefficient (Wildman–Crippen LogP) is 4.26.